The van der Waals surface area contributed by atoms with E-state index in [1.807, 2.05) is 19.1 Å². The number of ether oxygens (including phenoxy) is 1. The van der Waals surface area contributed by atoms with E-state index in [0.29, 0.717) is 12.0 Å². The van der Waals surface area contributed by atoms with Crippen LogP contribution in [-0.2, 0) is 14.3 Å². The zero-order valence-corrected chi connectivity index (χ0v) is 10.3. The number of hydrogen-bond acceptors (Lipinski definition) is 3. The molecule has 0 radical (unpaired) electrons. The molecule has 0 spiro atoms. The number of carbonyl (C=O) groups excluding carboxylic acids is 2. The first-order valence-corrected chi connectivity index (χ1v) is 5.59. The van der Waals surface area contributed by atoms with Gasteiger partial charge in [0.1, 0.15) is 0 Å². The second-order valence-corrected chi connectivity index (χ2v) is 3.80. The van der Waals surface area contributed by atoms with Gasteiger partial charge >= 0.3 is 0 Å². The summed E-state index contributed by atoms with van der Waals surface area (Å²) in [4.78, 5) is 23.6. The van der Waals surface area contributed by atoms with Crippen LogP contribution in [-0.4, -0.2) is 36.6 Å². The first-order valence-electron chi connectivity index (χ1n) is 5.59. The molecule has 0 aromatic carbocycles. The predicted molar refractivity (Wildman–Crippen MR) is 63.8 cm³/mol. The number of nitrogens with one attached hydrogen (secondary N) is 1. The van der Waals surface area contributed by atoms with Crippen LogP contribution in [0.5, 0.6) is 0 Å². The van der Waals surface area contributed by atoms with Crippen molar-refractivity contribution in [1.82, 2.24) is 10.2 Å². The molecule has 1 aliphatic heterocycles. The molecule has 1 rings (SSSR count). The second kappa shape index (κ2) is 6.20. The Balaban J connectivity index is 2.70. The summed E-state index contributed by atoms with van der Waals surface area (Å²) in [5.74, 6) is -0.217. The molecule has 0 aliphatic carbocycles. The lowest BCUT2D eigenvalue weighted by molar-refractivity contribution is -0.124. The zero-order chi connectivity index (χ0) is 12.8. The van der Waals surface area contributed by atoms with E-state index in [4.69, 9.17) is 4.74 Å². The first kappa shape index (κ1) is 13.4. The molecule has 2 amide bonds. The van der Waals surface area contributed by atoms with E-state index in [-0.39, 0.29) is 12.0 Å². The highest BCUT2D eigenvalue weighted by molar-refractivity contribution is 5.92. The molecule has 17 heavy (non-hydrogen) atoms. The van der Waals surface area contributed by atoms with Crippen molar-refractivity contribution < 1.29 is 14.3 Å². The van der Waals surface area contributed by atoms with Crippen LogP contribution >= 0.6 is 0 Å². The lowest BCUT2D eigenvalue weighted by Gasteiger charge is -2.21. The van der Waals surface area contributed by atoms with Crippen molar-refractivity contribution in [1.29, 1.82) is 0 Å². The van der Waals surface area contributed by atoms with Gasteiger partial charge in [-0.3, -0.25) is 14.5 Å². The van der Waals surface area contributed by atoms with Crippen molar-refractivity contribution >= 4 is 12.3 Å². The van der Waals surface area contributed by atoms with E-state index < -0.39 is 6.23 Å². The average Bonchev–Trinajstić information content (AvgIpc) is 2.83. The zero-order valence-electron chi connectivity index (χ0n) is 10.3. The number of amides is 2. The number of carbonyl (C=O) groups is 2. The molecule has 1 aliphatic rings. The summed E-state index contributed by atoms with van der Waals surface area (Å²) in [5.41, 5.74) is 0.455. The fourth-order valence-corrected chi connectivity index (χ4v) is 1.53. The lowest BCUT2D eigenvalue weighted by atomic mass is 10.3. The second-order valence-electron chi connectivity index (χ2n) is 3.80. The maximum atomic E-state index is 11.3. The summed E-state index contributed by atoms with van der Waals surface area (Å²) in [6, 6.07) is 0. The van der Waals surface area contributed by atoms with Gasteiger partial charge in [-0.2, -0.15) is 0 Å². The molecule has 0 saturated heterocycles. The van der Waals surface area contributed by atoms with Gasteiger partial charge in [0.15, 0.2) is 6.23 Å². The standard InChI is InChI=1S/C12H18N2O3/c1-4-10-5-6-11(17-10)14(8-15)7-9(2)12(16)13-3/h5-8,10-11H,4H2,1-3H3,(H,13,16)/b9-7-. The number of hydrogen-bond donors (Lipinski definition) is 1. The normalized spacial score (nSPS) is 23.6. The highest BCUT2D eigenvalue weighted by Gasteiger charge is 2.22. The van der Waals surface area contributed by atoms with Crippen LogP contribution in [0.15, 0.2) is 23.9 Å². The van der Waals surface area contributed by atoms with Crippen LogP contribution < -0.4 is 5.32 Å². The molecule has 5 nitrogen and oxygen atoms in total. The SMILES string of the molecule is CCC1C=CC(N(C=O)/C=C(/C)C(=O)NC)O1. The Morgan fingerprint density at radius 3 is 2.71 bits per heavy atom. The molecule has 1 heterocycles. The summed E-state index contributed by atoms with van der Waals surface area (Å²) >= 11 is 0. The van der Waals surface area contributed by atoms with E-state index >= 15 is 0 Å². The average molecular weight is 238 g/mol. The van der Waals surface area contributed by atoms with Gasteiger partial charge in [0.2, 0.25) is 12.3 Å². The largest absolute Gasteiger partial charge is 0.355 e. The molecule has 1 N–H and O–H groups in total. The fourth-order valence-electron chi connectivity index (χ4n) is 1.53. The van der Waals surface area contributed by atoms with Crippen molar-refractivity contribution in [2.45, 2.75) is 32.6 Å². The minimum Gasteiger partial charge on any atom is -0.355 e. The van der Waals surface area contributed by atoms with E-state index in [1.165, 1.54) is 11.1 Å². The third-order valence-corrected chi connectivity index (χ3v) is 2.55. The smallest absolute Gasteiger partial charge is 0.248 e. The van der Waals surface area contributed by atoms with Crippen molar-refractivity contribution in [3.8, 4) is 0 Å². The van der Waals surface area contributed by atoms with E-state index in [2.05, 4.69) is 5.32 Å². The van der Waals surface area contributed by atoms with Gasteiger partial charge in [0.25, 0.3) is 0 Å². The molecule has 94 valence electrons. The van der Waals surface area contributed by atoms with Crippen LogP contribution in [0.3, 0.4) is 0 Å². The van der Waals surface area contributed by atoms with Crippen molar-refractivity contribution in [2.24, 2.45) is 0 Å². The summed E-state index contributed by atoms with van der Waals surface area (Å²) < 4.78 is 5.59. The topological polar surface area (TPSA) is 58.6 Å². The summed E-state index contributed by atoms with van der Waals surface area (Å²) in [6.45, 7) is 3.65. The molecule has 0 aromatic heterocycles. The predicted octanol–water partition coefficient (Wildman–Crippen LogP) is 0.786. The Labute approximate surface area is 101 Å². The third kappa shape index (κ3) is 3.42. The maximum absolute atomic E-state index is 11.3. The maximum Gasteiger partial charge on any atom is 0.248 e. The Bertz CT molecular complexity index is 350. The number of nitrogens with zero attached hydrogens (tertiary/aromatic N) is 1. The quantitative estimate of drug-likeness (QED) is 0.437. The minimum absolute atomic E-state index is 0.0381. The van der Waals surface area contributed by atoms with Crippen molar-refractivity contribution in [3.05, 3.63) is 23.9 Å². The molecule has 0 bridgehead atoms. The lowest BCUT2D eigenvalue weighted by Crippen LogP contribution is -2.31. The van der Waals surface area contributed by atoms with Gasteiger partial charge in [0.05, 0.1) is 6.10 Å². The summed E-state index contributed by atoms with van der Waals surface area (Å²) in [5, 5.41) is 2.50. The van der Waals surface area contributed by atoms with E-state index in [0.717, 1.165) is 6.42 Å². The number of likely N-dealkylation sites (N-methyl/N-ethyl adjacent to an activating group) is 1. The van der Waals surface area contributed by atoms with Gasteiger partial charge < -0.3 is 10.1 Å². The minimum atomic E-state index is -0.419. The molecule has 5 heteroatoms. The highest BCUT2D eigenvalue weighted by Crippen LogP contribution is 2.17. The molecule has 2 unspecified atom stereocenters. The molecule has 0 aromatic rings. The molecular weight excluding hydrogens is 220 g/mol. The van der Waals surface area contributed by atoms with Gasteiger partial charge in [0, 0.05) is 18.8 Å². The van der Waals surface area contributed by atoms with Crippen LogP contribution in [0.1, 0.15) is 20.3 Å². The van der Waals surface area contributed by atoms with Crippen LogP contribution in [0.4, 0.5) is 0 Å². The van der Waals surface area contributed by atoms with E-state index in [9.17, 15) is 9.59 Å². The molecule has 2 atom stereocenters. The van der Waals surface area contributed by atoms with Crippen molar-refractivity contribution in [2.75, 3.05) is 7.05 Å². The Morgan fingerprint density at radius 2 is 2.24 bits per heavy atom. The van der Waals surface area contributed by atoms with Gasteiger partial charge in [-0.1, -0.05) is 13.0 Å². The monoisotopic (exact) mass is 238 g/mol. The van der Waals surface area contributed by atoms with Gasteiger partial charge in [-0.25, -0.2) is 0 Å². The van der Waals surface area contributed by atoms with Crippen LogP contribution in [0, 0.1) is 0 Å². The van der Waals surface area contributed by atoms with Gasteiger partial charge in [-0.05, 0) is 19.4 Å². The Morgan fingerprint density at radius 1 is 1.53 bits per heavy atom. The van der Waals surface area contributed by atoms with Crippen LogP contribution in [0.2, 0.25) is 0 Å². The molecular formula is C12H18N2O3. The Hall–Kier alpha value is -1.62. The summed E-state index contributed by atoms with van der Waals surface area (Å²) in [6.07, 6.45) is 6.35. The Kier molecular flexibility index (Phi) is 4.90. The summed E-state index contributed by atoms with van der Waals surface area (Å²) in [7, 11) is 1.55. The van der Waals surface area contributed by atoms with Crippen LogP contribution in [0.25, 0.3) is 0 Å². The molecule has 0 saturated carbocycles. The van der Waals surface area contributed by atoms with Gasteiger partial charge in [-0.15, -0.1) is 0 Å². The molecule has 0 fully saturated rings. The van der Waals surface area contributed by atoms with E-state index in [1.54, 1.807) is 14.0 Å². The fraction of sp³-hybridized carbons (Fsp3) is 0.500. The number of rotatable bonds is 5. The first-order chi connectivity index (χ1) is 8.12. The van der Waals surface area contributed by atoms with Crippen molar-refractivity contribution in [3.63, 3.8) is 0 Å². The third-order valence-electron chi connectivity index (χ3n) is 2.55. The highest BCUT2D eigenvalue weighted by atomic mass is 16.5.